The second-order valence-corrected chi connectivity index (χ2v) is 13.4. The lowest BCUT2D eigenvalue weighted by Crippen LogP contribution is -2.49. The number of ether oxygens (including phenoxy) is 3. The number of phenols is 1. The minimum absolute atomic E-state index is 0.0484. The second-order valence-electron chi connectivity index (χ2n) is 11.4. The Morgan fingerprint density at radius 2 is 1.87 bits per heavy atom. The topological polar surface area (TPSA) is 193 Å². The van der Waals surface area contributed by atoms with Crippen LogP contribution in [-0.4, -0.2) is 70.0 Å². The number of carbonyl (C=O) groups is 4. The van der Waals surface area contributed by atoms with Crippen LogP contribution in [0.5, 0.6) is 11.5 Å². The van der Waals surface area contributed by atoms with Gasteiger partial charge in [-0.25, -0.2) is 14.0 Å². The van der Waals surface area contributed by atoms with Gasteiger partial charge in [0.25, 0.3) is 0 Å². The Morgan fingerprint density at radius 3 is 2.49 bits per heavy atom. The number of halogens is 1. The summed E-state index contributed by atoms with van der Waals surface area (Å²) < 4.78 is 53.0. The number of aromatic hydroxyl groups is 1. The third-order valence-corrected chi connectivity index (χ3v) is 8.40. The molecule has 248 valence electrons. The van der Waals surface area contributed by atoms with E-state index in [1.165, 1.54) is 25.3 Å². The number of hydrogen-bond donors (Lipinski definition) is 6. The van der Waals surface area contributed by atoms with Crippen LogP contribution in [0.15, 0.2) is 36.4 Å². The number of rotatable bonds is 13. The molecule has 1 heterocycles. The van der Waals surface area contributed by atoms with Crippen molar-refractivity contribution in [2.24, 2.45) is 0 Å². The van der Waals surface area contributed by atoms with Gasteiger partial charge in [0.1, 0.15) is 39.8 Å². The summed E-state index contributed by atoms with van der Waals surface area (Å²) in [5.41, 5.74) is -0.593. The summed E-state index contributed by atoms with van der Waals surface area (Å²) in [6, 6.07) is 7.28. The fourth-order valence-electron chi connectivity index (χ4n) is 4.57. The molecule has 6 N–H and O–H groups in total. The molecule has 2 aromatic carbocycles. The van der Waals surface area contributed by atoms with Crippen LogP contribution in [-0.2, 0) is 25.5 Å². The molecule has 1 unspecified atom stereocenters. The van der Waals surface area contributed by atoms with Crippen molar-refractivity contribution < 1.29 is 52.0 Å². The molecular weight excluding hydrogens is 613 g/mol. The highest BCUT2D eigenvalue weighted by Gasteiger charge is 2.39. The zero-order chi connectivity index (χ0) is 33.4. The number of phenolic OH excluding ortho intramolecular Hbond substituents is 1. The average molecular weight is 654 g/mol. The molecule has 0 aromatic heterocycles. The maximum atomic E-state index is 15.1. The molecule has 0 aliphatic carbocycles. The average Bonchev–Trinajstić information content (AvgIpc) is 3.21. The number of nitrogens with one attached hydrogen (secondary N) is 3. The van der Waals surface area contributed by atoms with Crippen LogP contribution in [0.3, 0.4) is 0 Å². The Labute approximate surface area is 262 Å². The lowest BCUT2D eigenvalue weighted by Gasteiger charge is -2.33. The summed E-state index contributed by atoms with van der Waals surface area (Å²) in [5, 5.41) is 14.1. The number of esters is 1. The van der Waals surface area contributed by atoms with Gasteiger partial charge in [-0.2, -0.15) is 0 Å². The van der Waals surface area contributed by atoms with Gasteiger partial charge in [0.15, 0.2) is 0 Å². The fourth-order valence-corrected chi connectivity index (χ4v) is 6.06. The first-order valence-corrected chi connectivity index (χ1v) is 15.9. The quantitative estimate of drug-likeness (QED) is 0.134. The third kappa shape index (κ3) is 10.2. The molecule has 0 bridgehead atoms. The van der Waals surface area contributed by atoms with Crippen LogP contribution in [0.25, 0.3) is 0 Å². The first-order valence-electron chi connectivity index (χ1n) is 14.3. The SMILES string of the molecule is COC(=O)c1c(O)cccc1OCCCCCNC(=O)[C@H](Cc1ccc(C2CC(=O)NS2(O)O)c(F)c1)NC(=O)OC(C)(C)C. The molecule has 1 aliphatic rings. The summed E-state index contributed by atoms with van der Waals surface area (Å²) in [7, 11) is -2.35. The molecule has 45 heavy (non-hydrogen) atoms. The van der Waals surface area contributed by atoms with Gasteiger partial charge in [-0.1, -0.05) is 18.2 Å². The molecule has 3 rings (SSSR count). The zero-order valence-corrected chi connectivity index (χ0v) is 26.4. The van der Waals surface area contributed by atoms with Crippen LogP contribution in [0.1, 0.15) is 73.2 Å². The molecule has 3 amide bonds. The van der Waals surface area contributed by atoms with E-state index in [4.69, 9.17) is 9.47 Å². The predicted molar refractivity (Wildman–Crippen MR) is 163 cm³/mol. The van der Waals surface area contributed by atoms with Crippen molar-refractivity contribution in [2.45, 2.75) is 69.8 Å². The first-order chi connectivity index (χ1) is 21.1. The molecule has 2 atom stereocenters. The van der Waals surface area contributed by atoms with Gasteiger partial charge < -0.3 is 30.0 Å². The van der Waals surface area contributed by atoms with E-state index in [2.05, 4.69) is 20.1 Å². The molecule has 1 fully saturated rings. The Bertz CT molecular complexity index is 1400. The number of carbonyl (C=O) groups excluding carboxylic acids is 4. The van der Waals surface area contributed by atoms with Crippen LogP contribution < -0.4 is 20.1 Å². The van der Waals surface area contributed by atoms with Crippen LogP contribution >= 0.6 is 10.8 Å². The van der Waals surface area contributed by atoms with E-state index in [0.29, 0.717) is 24.8 Å². The van der Waals surface area contributed by atoms with Crippen molar-refractivity contribution in [3.63, 3.8) is 0 Å². The number of unbranched alkanes of at least 4 members (excludes halogenated alkanes) is 2. The van der Waals surface area contributed by atoms with Crippen molar-refractivity contribution in [3.8, 4) is 11.5 Å². The normalized spacial score (nSPS) is 17.0. The third-order valence-electron chi connectivity index (χ3n) is 6.66. The maximum Gasteiger partial charge on any atom is 0.408 e. The Balaban J connectivity index is 1.57. The summed E-state index contributed by atoms with van der Waals surface area (Å²) in [4.78, 5) is 49.2. The second kappa shape index (κ2) is 15.3. The minimum Gasteiger partial charge on any atom is -0.507 e. The van der Waals surface area contributed by atoms with Gasteiger partial charge in [-0.3, -0.25) is 23.4 Å². The summed E-state index contributed by atoms with van der Waals surface area (Å²) in [5.74, 6) is -2.69. The molecular formula is C30H40FN3O10S. The number of alkyl carbamates (subject to hydrolysis) is 1. The molecule has 1 saturated heterocycles. The van der Waals surface area contributed by atoms with Crippen LogP contribution in [0, 0.1) is 5.82 Å². The molecule has 1 aliphatic heterocycles. The smallest absolute Gasteiger partial charge is 0.408 e. The largest absolute Gasteiger partial charge is 0.507 e. The minimum atomic E-state index is -3.55. The summed E-state index contributed by atoms with van der Waals surface area (Å²) in [6.07, 6.45) is 0.564. The highest BCUT2D eigenvalue weighted by atomic mass is 32.3. The van der Waals surface area contributed by atoms with Crippen LogP contribution in [0.4, 0.5) is 9.18 Å². The van der Waals surface area contributed by atoms with E-state index in [9.17, 15) is 33.4 Å². The lowest BCUT2D eigenvalue weighted by atomic mass is 10.0. The Hall–Kier alpha value is -4.08. The summed E-state index contributed by atoms with van der Waals surface area (Å²) >= 11 is 0. The molecule has 2 aromatic rings. The van der Waals surface area contributed by atoms with Gasteiger partial charge >= 0.3 is 12.1 Å². The number of benzene rings is 2. The molecule has 0 saturated carbocycles. The standard InChI is InChI=1S/C30H40FN3O10S/c1-30(2,3)44-29(39)33-21(16-18-11-12-19(20(31)15-18)24-17-25(36)34-45(24,40)41)27(37)32-13-6-5-7-14-43-23-10-8-9-22(35)26(23)28(38)42-4/h8-12,15,21,24,35,40-41H,5-7,13-14,16-17H2,1-4H3,(H,32,37)(H,33,39)(H,34,36)/t21-,24?/m0/s1. The highest BCUT2D eigenvalue weighted by Crippen LogP contribution is 2.56. The lowest BCUT2D eigenvalue weighted by molar-refractivity contribution is -0.123. The van der Waals surface area contributed by atoms with Crippen molar-refractivity contribution >= 4 is 34.7 Å². The first kappa shape index (κ1) is 35.4. The van der Waals surface area contributed by atoms with E-state index in [-0.39, 0.29) is 48.6 Å². The van der Waals surface area contributed by atoms with Gasteiger partial charge in [0.2, 0.25) is 11.8 Å². The highest BCUT2D eigenvalue weighted by molar-refractivity contribution is 8.23. The van der Waals surface area contributed by atoms with Gasteiger partial charge in [-0.05, 0) is 63.8 Å². The number of hydrogen-bond acceptors (Lipinski definition) is 10. The molecule has 13 nitrogen and oxygen atoms in total. The van der Waals surface area contributed by atoms with E-state index >= 15 is 4.39 Å². The summed E-state index contributed by atoms with van der Waals surface area (Å²) in [6.45, 7) is 5.51. The van der Waals surface area contributed by atoms with E-state index in [1.54, 1.807) is 32.9 Å². The Morgan fingerprint density at radius 1 is 1.13 bits per heavy atom. The van der Waals surface area contributed by atoms with Crippen LogP contribution in [0.2, 0.25) is 0 Å². The maximum absolute atomic E-state index is 15.1. The Kier molecular flexibility index (Phi) is 12.0. The zero-order valence-electron chi connectivity index (χ0n) is 25.6. The monoisotopic (exact) mass is 653 g/mol. The van der Waals surface area contributed by atoms with Gasteiger partial charge in [0.05, 0.1) is 20.1 Å². The van der Waals surface area contributed by atoms with Gasteiger partial charge in [0, 0.05) is 18.5 Å². The van der Waals surface area contributed by atoms with Crippen molar-refractivity contribution in [3.05, 3.63) is 58.9 Å². The predicted octanol–water partition coefficient (Wildman–Crippen LogP) is 4.35. The molecule has 0 radical (unpaired) electrons. The molecule has 0 spiro atoms. The molecule has 15 heteroatoms. The van der Waals surface area contributed by atoms with Gasteiger partial charge in [-0.15, -0.1) is 10.8 Å². The van der Waals surface area contributed by atoms with Crippen molar-refractivity contribution in [2.75, 3.05) is 20.3 Å². The van der Waals surface area contributed by atoms with E-state index in [1.807, 2.05) is 0 Å². The van der Waals surface area contributed by atoms with E-state index < -0.39 is 57.4 Å². The number of amides is 3. The van der Waals surface area contributed by atoms with E-state index in [0.717, 1.165) is 6.07 Å². The van der Waals surface area contributed by atoms with Crippen molar-refractivity contribution in [1.29, 1.82) is 0 Å². The fraction of sp³-hybridized carbons (Fsp3) is 0.467. The number of methoxy groups -OCH3 is 1. The van der Waals surface area contributed by atoms with Crippen molar-refractivity contribution in [1.82, 2.24) is 15.4 Å².